The average Bonchev–Trinajstić information content (AvgIpc) is 1.96. The fourth-order valence-corrected chi connectivity index (χ4v) is 2.19. The van der Waals surface area contributed by atoms with Gasteiger partial charge in [-0.15, -0.1) is 0 Å². The molecule has 0 amide bonds. The topological polar surface area (TPSA) is 58.2 Å². The van der Waals surface area contributed by atoms with Crippen molar-refractivity contribution in [2.24, 2.45) is 0 Å². The van der Waals surface area contributed by atoms with Crippen LogP contribution in [0.1, 0.15) is 34.1 Å². The third-order valence-corrected chi connectivity index (χ3v) is 2.89. The largest absolute Gasteiger partial charge is 0.312 e. The van der Waals surface area contributed by atoms with E-state index in [1.165, 1.54) is 6.26 Å². The minimum absolute atomic E-state index is 0.413. The molecule has 0 saturated heterocycles. The Morgan fingerprint density at radius 3 is 2.21 bits per heavy atom. The zero-order valence-electron chi connectivity index (χ0n) is 9.72. The van der Waals surface area contributed by atoms with Crippen LogP contribution in [-0.2, 0) is 10.0 Å². The molecule has 0 fully saturated rings. The Bertz CT molecular complexity index is 260. The second kappa shape index (κ2) is 5.09. The van der Waals surface area contributed by atoms with E-state index in [1.54, 1.807) is 0 Å². The zero-order chi connectivity index (χ0) is 11.4. The highest BCUT2D eigenvalue weighted by atomic mass is 32.2. The molecule has 0 aliphatic rings. The highest BCUT2D eigenvalue weighted by Crippen LogP contribution is 2.03. The van der Waals surface area contributed by atoms with Crippen LogP contribution >= 0.6 is 0 Å². The van der Waals surface area contributed by atoms with Crippen molar-refractivity contribution in [2.75, 3.05) is 12.8 Å². The van der Waals surface area contributed by atoms with Crippen molar-refractivity contribution >= 4 is 10.0 Å². The van der Waals surface area contributed by atoms with E-state index >= 15 is 0 Å². The molecule has 4 nitrogen and oxygen atoms in total. The Morgan fingerprint density at radius 2 is 1.86 bits per heavy atom. The van der Waals surface area contributed by atoms with Crippen LogP contribution < -0.4 is 10.0 Å². The Labute approximate surface area is 87.5 Å². The number of sulfonamides is 1. The van der Waals surface area contributed by atoms with Gasteiger partial charge in [-0.05, 0) is 27.2 Å². The van der Waals surface area contributed by atoms with Crippen molar-refractivity contribution in [1.82, 2.24) is 10.0 Å². The Balaban J connectivity index is 4.08. The lowest BCUT2D eigenvalue weighted by atomic mass is 10.1. The lowest BCUT2D eigenvalue weighted by molar-refractivity contribution is 0.392. The molecule has 0 aromatic carbocycles. The molecule has 2 N–H and O–H groups in total. The van der Waals surface area contributed by atoms with Crippen molar-refractivity contribution in [3.8, 4) is 0 Å². The number of rotatable bonds is 6. The van der Waals surface area contributed by atoms with Crippen LogP contribution in [0.3, 0.4) is 0 Å². The lowest BCUT2D eigenvalue weighted by Gasteiger charge is -2.27. The normalized spacial score (nSPS) is 15.5. The summed E-state index contributed by atoms with van der Waals surface area (Å²) in [7, 11) is -3.13. The molecule has 1 atom stereocenters. The molecule has 0 aliphatic carbocycles. The Morgan fingerprint density at radius 1 is 1.36 bits per heavy atom. The van der Waals surface area contributed by atoms with Crippen molar-refractivity contribution < 1.29 is 8.42 Å². The molecule has 5 heteroatoms. The molecule has 0 radical (unpaired) electrons. The molecule has 0 aromatic rings. The second-order valence-electron chi connectivity index (χ2n) is 4.45. The van der Waals surface area contributed by atoms with E-state index in [0.717, 1.165) is 6.42 Å². The minimum atomic E-state index is -3.13. The molecule has 0 aromatic heterocycles. The minimum Gasteiger partial charge on any atom is -0.312 e. The molecule has 0 aliphatic heterocycles. The van der Waals surface area contributed by atoms with Crippen molar-refractivity contribution in [3.63, 3.8) is 0 Å². The molecule has 0 saturated carbocycles. The van der Waals surface area contributed by atoms with E-state index in [9.17, 15) is 8.42 Å². The second-order valence-corrected chi connectivity index (χ2v) is 6.20. The first-order valence-corrected chi connectivity index (χ1v) is 6.78. The summed E-state index contributed by atoms with van der Waals surface area (Å²) in [5.74, 6) is 0. The van der Waals surface area contributed by atoms with Crippen LogP contribution in [0.4, 0.5) is 0 Å². The SMILES string of the molecule is CCC(C)NCC(C)(C)NS(C)(=O)=O. The Hall–Kier alpha value is -0.130. The van der Waals surface area contributed by atoms with Gasteiger partial charge in [0.1, 0.15) is 0 Å². The summed E-state index contributed by atoms with van der Waals surface area (Å²) in [6, 6.07) is 0.413. The molecule has 0 bridgehead atoms. The average molecular weight is 222 g/mol. The maximum absolute atomic E-state index is 11.0. The predicted octanol–water partition coefficient (Wildman–Crippen LogP) is 0.702. The maximum atomic E-state index is 11.0. The molecular weight excluding hydrogens is 200 g/mol. The third kappa shape index (κ3) is 7.29. The van der Waals surface area contributed by atoms with E-state index in [4.69, 9.17) is 0 Å². The van der Waals surface area contributed by atoms with Gasteiger partial charge in [-0.25, -0.2) is 13.1 Å². The monoisotopic (exact) mass is 222 g/mol. The lowest BCUT2D eigenvalue weighted by Crippen LogP contribution is -2.51. The van der Waals surface area contributed by atoms with Crippen molar-refractivity contribution in [1.29, 1.82) is 0 Å². The van der Waals surface area contributed by atoms with Crippen LogP contribution in [0.25, 0.3) is 0 Å². The summed E-state index contributed by atoms with van der Waals surface area (Å²) >= 11 is 0. The first-order chi connectivity index (χ1) is 6.16. The molecule has 86 valence electrons. The summed E-state index contributed by atoms with van der Waals surface area (Å²) in [6.45, 7) is 8.53. The third-order valence-electron chi connectivity index (χ3n) is 1.97. The molecule has 1 unspecified atom stereocenters. The quantitative estimate of drug-likeness (QED) is 0.695. The van der Waals surface area contributed by atoms with Gasteiger partial charge in [-0.2, -0.15) is 0 Å². The van der Waals surface area contributed by atoms with Crippen LogP contribution in [0, 0.1) is 0 Å². The summed E-state index contributed by atoms with van der Waals surface area (Å²) in [4.78, 5) is 0. The van der Waals surface area contributed by atoms with Crippen LogP contribution in [0.15, 0.2) is 0 Å². The van der Waals surface area contributed by atoms with Gasteiger partial charge in [0.15, 0.2) is 0 Å². The smallest absolute Gasteiger partial charge is 0.209 e. The highest BCUT2D eigenvalue weighted by molar-refractivity contribution is 7.88. The molecule has 0 rings (SSSR count). The summed E-state index contributed by atoms with van der Waals surface area (Å²) in [5, 5.41) is 3.27. The van der Waals surface area contributed by atoms with Gasteiger partial charge in [-0.1, -0.05) is 6.92 Å². The van der Waals surface area contributed by atoms with E-state index in [2.05, 4.69) is 23.9 Å². The van der Waals surface area contributed by atoms with Gasteiger partial charge in [-0.3, -0.25) is 0 Å². The highest BCUT2D eigenvalue weighted by Gasteiger charge is 2.21. The van der Waals surface area contributed by atoms with Gasteiger partial charge < -0.3 is 5.32 Å². The van der Waals surface area contributed by atoms with E-state index in [1.807, 2.05) is 13.8 Å². The summed E-state index contributed by atoms with van der Waals surface area (Å²) < 4.78 is 24.6. The van der Waals surface area contributed by atoms with Gasteiger partial charge in [0.2, 0.25) is 10.0 Å². The summed E-state index contributed by atoms with van der Waals surface area (Å²) in [5.41, 5.74) is -0.434. The van der Waals surface area contributed by atoms with Crippen molar-refractivity contribution in [2.45, 2.75) is 45.7 Å². The first kappa shape index (κ1) is 13.9. The standard InChI is InChI=1S/C9H22N2O2S/c1-6-8(2)10-7-9(3,4)11-14(5,12)13/h8,10-11H,6-7H2,1-5H3. The maximum Gasteiger partial charge on any atom is 0.209 e. The van der Waals surface area contributed by atoms with Crippen LogP contribution in [-0.4, -0.2) is 32.8 Å². The van der Waals surface area contributed by atoms with Crippen LogP contribution in [0.5, 0.6) is 0 Å². The fourth-order valence-electron chi connectivity index (χ4n) is 1.11. The van der Waals surface area contributed by atoms with Gasteiger partial charge >= 0.3 is 0 Å². The molecule has 0 spiro atoms. The predicted molar refractivity (Wildman–Crippen MR) is 59.8 cm³/mol. The fraction of sp³-hybridized carbons (Fsp3) is 1.00. The van der Waals surface area contributed by atoms with Gasteiger partial charge in [0, 0.05) is 18.1 Å². The molecule has 14 heavy (non-hydrogen) atoms. The number of hydrogen-bond donors (Lipinski definition) is 2. The zero-order valence-corrected chi connectivity index (χ0v) is 10.5. The van der Waals surface area contributed by atoms with Gasteiger partial charge in [0.25, 0.3) is 0 Å². The molecular formula is C9H22N2O2S. The molecule has 0 heterocycles. The first-order valence-electron chi connectivity index (χ1n) is 4.88. The number of hydrogen-bond acceptors (Lipinski definition) is 3. The van der Waals surface area contributed by atoms with Crippen molar-refractivity contribution in [3.05, 3.63) is 0 Å². The van der Waals surface area contributed by atoms with Gasteiger partial charge in [0.05, 0.1) is 6.26 Å². The van der Waals surface area contributed by atoms with E-state index in [0.29, 0.717) is 12.6 Å². The van der Waals surface area contributed by atoms with E-state index < -0.39 is 15.6 Å². The summed E-state index contributed by atoms with van der Waals surface area (Å²) in [6.07, 6.45) is 2.22. The number of nitrogens with one attached hydrogen (secondary N) is 2. The van der Waals surface area contributed by atoms with Crippen LogP contribution in [0.2, 0.25) is 0 Å². The van der Waals surface area contributed by atoms with E-state index in [-0.39, 0.29) is 0 Å². The Kier molecular flexibility index (Phi) is 5.05.